The highest BCUT2D eigenvalue weighted by atomic mass is 16.2. The molecule has 0 unspecified atom stereocenters. The Morgan fingerprint density at radius 3 is 1.93 bits per heavy atom. The van der Waals surface area contributed by atoms with Crippen LogP contribution in [0.2, 0.25) is 0 Å². The van der Waals surface area contributed by atoms with Crippen molar-refractivity contribution < 1.29 is 14.4 Å². The highest BCUT2D eigenvalue weighted by Crippen LogP contribution is 2.14. The molecule has 0 fully saturated rings. The number of carbonyl (C=O) groups is 3. The number of hydrazone groups is 1. The third kappa shape index (κ3) is 6.76. The van der Waals surface area contributed by atoms with E-state index in [4.69, 9.17) is 0 Å². The second-order valence-corrected chi connectivity index (χ2v) is 6.18. The summed E-state index contributed by atoms with van der Waals surface area (Å²) in [7, 11) is 0. The maximum Gasteiger partial charge on any atom is 0.329 e. The number of anilines is 3. The van der Waals surface area contributed by atoms with E-state index in [1.54, 1.807) is 24.3 Å². The van der Waals surface area contributed by atoms with Crippen LogP contribution < -0.4 is 21.0 Å². The van der Waals surface area contributed by atoms with Crippen molar-refractivity contribution in [3.05, 3.63) is 54.1 Å². The Balaban J connectivity index is 1.86. The third-order valence-electron chi connectivity index (χ3n) is 4.07. The number of benzene rings is 2. The maximum atomic E-state index is 11.9. The van der Waals surface area contributed by atoms with Gasteiger partial charge < -0.3 is 15.5 Å². The molecule has 0 radical (unpaired) electrons. The van der Waals surface area contributed by atoms with Crippen LogP contribution in [0.15, 0.2) is 53.6 Å². The van der Waals surface area contributed by atoms with E-state index in [1.807, 2.05) is 24.3 Å². The number of amides is 3. The van der Waals surface area contributed by atoms with Gasteiger partial charge in [0.2, 0.25) is 5.91 Å². The molecule has 0 aliphatic heterocycles. The van der Waals surface area contributed by atoms with Crippen LogP contribution in [0.25, 0.3) is 0 Å². The van der Waals surface area contributed by atoms with Gasteiger partial charge >= 0.3 is 11.8 Å². The summed E-state index contributed by atoms with van der Waals surface area (Å²) in [5.41, 5.74) is 5.13. The number of rotatable bonds is 7. The van der Waals surface area contributed by atoms with Gasteiger partial charge in [-0.05, 0) is 55.8 Å². The fraction of sp³-hybridized carbons (Fsp3) is 0.238. The first-order valence-electron chi connectivity index (χ1n) is 9.30. The zero-order chi connectivity index (χ0) is 21.2. The van der Waals surface area contributed by atoms with Gasteiger partial charge in [-0.3, -0.25) is 14.4 Å². The number of carbonyl (C=O) groups excluding carboxylic acids is 3. The van der Waals surface area contributed by atoms with Crippen LogP contribution in [-0.4, -0.2) is 37.0 Å². The van der Waals surface area contributed by atoms with Gasteiger partial charge in [0.15, 0.2) is 0 Å². The molecule has 0 aliphatic carbocycles. The van der Waals surface area contributed by atoms with E-state index < -0.39 is 11.8 Å². The fourth-order valence-electron chi connectivity index (χ4n) is 2.60. The summed E-state index contributed by atoms with van der Waals surface area (Å²) < 4.78 is 0. The second kappa shape index (κ2) is 10.6. The van der Waals surface area contributed by atoms with E-state index in [2.05, 4.69) is 39.9 Å². The van der Waals surface area contributed by atoms with Crippen LogP contribution in [0.3, 0.4) is 0 Å². The quantitative estimate of drug-likeness (QED) is 0.381. The molecule has 29 heavy (non-hydrogen) atoms. The Morgan fingerprint density at radius 1 is 0.862 bits per heavy atom. The van der Waals surface area contributed by atoms with Crippen molar-refractivity contribution in [3.8, 4) is 0 Å². The largest absolute Gasteiger partial charge is 0.372 e. The average Bonchev–Trinajstić information content (AvgIpc) is 2.71. The minimum absolute atomic E-state index is 0.193. The Morgan fingerprint density at radius 2 is 1.41 bits per heavy atom. The lowest BCUT2D eigenvalue weighted by Gasteiger charge is -2.20. The van der Waals surface area contributed by atoms with Gasteiger partial charge in [-0.15, -0.1) is 0 Å². The molecule has 3 N–H and O–H groups in total. The predicted molar refractivity (Wildman–Crippen MR) is 115 cm³/mol. The zero-order valence-corrected chi connectivity index (χ0v) is 16.7. The summed E-state index contributed by atoms with van der Waals surface area (Å²) in [5.74, 6) is -1.92. The van der Waals surface area contributed by atoms with Gasteiger partial charge in [0.05, 0.1) is 6.21 Å². The smallest absolute Gasteiger partial charge is 0.329 e. The van der Waals surface area contributed by atoms with E-state index in [0.29, 0.717) is 11.4 Å². The molecule has 152 valence electrons. The minimum atomic E-state index is -0.882. The Bertz CT molecular complexity index is 872. The first kappa shape index (κ1) is 21.6. The fourth-order valence-corrected chi connectivity index (χ4v) is 2.60. The minimum Gasteiger partial charge on any atom is -0.372 e. The Hall–Kier alpha value is -3.68. The lowest BCUT2D eigenvalue weighted by atomic mass is 10.2. The SMILES string of the molecule is CCN(CC)c1ccc(C=NNC(=O)C(=O)Nc2ccc(NC(C)=O)cc2)cc1. The van der Waals surface area contributed by atoms with Gasteiger partial charge in [0, 0.05) is 37.1 Å². The van der Waals surface area contributed by atoms with Crippen LogP contribution in [0.1, 0.15) is 26.3 Å². The van der Waals surface area contributed by atoms with E-state index in [9.17, 15) is 14.4 Å². The molecule has 0 atom stereocenters. The zero-order valence-electron chi connectivity index (χ0n) is 16.7. The van der Waals surface area contributed by atoms with E-state index in [-0.39, 0.29) is 5.91 Å². The van der Waals surface area contributed by atoms with Crippen molar-refractivity contribution in [2.24, 2.45) is 5.10 Å². The molecule has 0 bridgehead atoms. The summed E-state index contributed by atoms with van der Waals surface area (Å²) in [6.45, 7) is 7.43. The number of hydrogen-bond donors (Lipinski definition) is 3. The van der Waals surface area contributed by atoms with E-state index in [0.717, 1.165) is 24.3 Å². The first-order chi connectivity index (χ1) is 13.9. The molecule has 0 spiro atoms. The highest BCUT2D eigenvalue weighted by molar-refractivity contribution is 6.39. The van der Waals surface area contributed by atoms with Gasteiger partial charge in [-0.2, -0.15) is 5.10 Å². The summed E-state index contributed by atoms with van der Waals surface area (Å²) in [6, 6.07) is 14.1. The number of hydrogen-bond acceptors (Lipinski definition) is 5. The van der Waals surface area contributed by atoms with Crippen LogP contribution in [0.4, 0.5) is 17.1 Å². The van der Waals surface area contributed by atoms with E-state index >= 15 is 0 Å². The Kier molecular flexibility index (Phi) is 7.90. The summed E-state index contributed by atoms with van der Waals surface area (Å²) in [5, 5.41) is 8.89. The molecule has 2 aromatic rings. The monoisotopic (exact) mass is 395 g/mol. The van der Waals surface area contributed by atoms with Crippen LogP contribution in [0.5, 0.6) is 0 Å². The van der Waals surface area contributed by atoms with Crippen molar-refractivity contribution in [2.75, 3.05) is 28.6 Å². The van der Waals surface area contributed by atoms with Crippen LogP contribution in [0, 0.1) is 0 Å². The normalized spacial score (nSPS) is 10.4. The standard InChI is InChI=1S/C21H25N5O3/c1-4-26(5-2)19-12-6-16(7-13-19)14-22-25-21(29)20(28)24-18-10-8-17(9-11-18)23-15(3)27/h6-14H,4-5H2,1-3H3,(H,23,27)(H,24,28)(H,25,29). The molecule has 2 aromatic carbocycles. The lowest BCUT2D eigenvalue weighted by molar-refractivity contribution is -0.136. The van der Waals surface area contributed by atoms with Crippen LogP contribution >= 0.6 is 0 Å². The maximum absolute atomic E-state index is 11.9. The summed E-state index contributed by atoms with van der Waals surface area (Å²) in [6.07, 6.45) is 1.47. The molecular weight excluding hydrogens is 370 g/mol. The molecule has 8 heteroatoms. The molecule has 0 aromatic heterocycles. The average molecular weight is 395 g/mol. The topological polar surface area (TPSA) is 103 Å². The first-order valence-corrected chi connectivity index (χ1v) is 9.30. The van der Waals surface area contributed by atoms with Gasteiger partial charge in [-0.1, -0.05) is 12.1 Å². The number of nitrogens with one attached hydrogen (secondary N) is 3. The van der Waals surface area contributed by atoms with Gasteiger partial charge in [0.1, 0.15) is 0 Å². The molecule has 0 saturated carbocycles. The molecule has 0 saturated heterocycles. The van der Waals surface area contributed by atoms with Crippen LogP contribution in [-0.2, 0) is 14.4 Å². The van der Waals surface area contributed by atoms with Crippen molar-refractivity contribution in [1.82, 2.24) is 5.43 Å². The van der Waals surface area contributed by atoms with Gasteiger partial charge in [0.25, 0.3) is 0 Å². The van der Waals surface area contributed by atoms with Crippen molar-refractivity contribution in [1.29, 1.82) is 0 Å². The highest BCUT2D eigenvalue weighted by Gasteiger charge is 2.12. The lowest BCUT2D eigenvalue weighted by Crippen LogP contribution is -2.32. The van der Waals surface area contributed by atoms with Crippen molar-refractivity contribution in [2.45, 2.75) is 20.8 Å². The van der Waals surface area contributed by atoms with Crippen molar-refractivity contribution >= 4 is 41.0 Å². The predicted octanol–water partition coefficient (Wildman–Crippen LogP) is 2.58. The number of nitrogens with zero attached hydrogens (tertiary/aromatic N) is 2. The summed E-state index contributed by atoms with van der Waals surface area (Å²) >= 11 is 0. The Labute approximate surface area is 170 Å². The molecule has 2 rings (SSSR count). The third-order valence-corrected chi connectivity index (χ3v) is 4.07. The molecule has 3 amide bonds. The molecule has 0 aliphatic rings. The summed E-state index contributed by atoms with van der Waals surface area (Å²) in [4.78, 5) is 37.0. The van der Waals surface area contributed by atoms with Crippen molar-refractivity contribution in [3.63, 3.8) is 0 Å². The molecule has 0 heterocycles. The van der Waals surface area contributed by atoms with E-state index in [1.165, 1.54) is 13.1 Å². The molecular formula is C21H25N5O3. The van der Waals surface area contributed by atoms with Gasteiger partial charge in [-0.25, -0.2) is 5.43 Å². The second-order valence-electron chi connectivity index (χ2n) is 6.18. The molecule has 8 nitrogen and oxygen atoms in total.